The predicted octanol–water partition coefficient (Wildman–Crippen LogP) is 5.96. The number of benzene rings is 4. The van der Waals surface area contributed by atoms with E-state index >= 15 is 0 Å². The van der Waals surface area contributed by atoms with E-state index in [9.17, 15) is 19.5 Å². The first kappa shape index (κ1) is 37.6. The van der Waals surface area contributed by atoms with Crippen molar-refractivity contribution in [2.24, 2.45) is 0 Å². The van der Waals surface area contributed by atoms with Gasteiger partial charge in [-0.05, 0) is 88.3 Å². The number of aryl methyl sites for hydroxylation is 3. The lowest BCUT2D eigenvalue weighted by atomic mass is 9.93. The van der Waals surface area contributed by atoms with Gasteiger partial charge in [-0.3, -0.25) is 14.4 Å². The van der Waals surface area contributed by atoms with Gasteiger partial charge >= 0.3 is 0 Å². The number of hydrogen-bond acceptors (Lipinski definition) is 5. The molecule has 0 saturated heterocycles. The molecular formula is C42H49N3O5. The minimum atomic E-state index is -1.05. The average molecular weight is 676 g/mol. The Bertz CT molecular complexity index is 1730. The van der Waals surface area contributed by atoms with Crippen molar-refractivity contribution >= 4 is 17.7 Å². The second-order valence-corrected chi connectivity index (χ2v) is 13.1. The van der Waals surface area contributed by atoms with Crippen LogP contribution >= 0.6 is 0 Å². The van der Waals surface area contributed by atoms with Crippen LogP contribution < -0.4 is 20.7 Å². The third-order valence-corrected chi connectivity index (χ3v) is 8.41. The molecule has 0 aliphatic carbocycles. The number of aliphatic hydroxyl groups excluding tert-OH is 1. The van der Waals surface area contributed by atoms with E-state index in [-0.39, 0.29) is 24.8 Å². The minimum Gasteiger partial charge on any atom is -0.483 e. The average Bonchev–Trinajstić information content (AvgIpc) is 3.08. The molecule has 0 radical (unpaired) electrons. The zero-order valence-electron chi connectivity index (χ0n) is 29.6. The quantitative estimate of drug-likeness (QED) is 0.109. The van der Waals surface area contributed by atoms with Gasteiger partial charge in [0, 0.05) is 11.6 Å². The van der Waals surface area contributed by atoms with Crippen LogP contribution in [0.2, 0.25) is 0 Å². The molecule has 4 aromatic carbocycles. The van der Waals surface area contributed by atoms with Gasteiger partial charge in [0.25, 0.3) is 11.8 Å². The maximum Gasteiger partial charge on any atom is 0.258 e. The van der Waals surface area contributed by atoms with Crippen LogP contribution in [-0.2, 0) is 22.4 Å². The fourth-order valence-electron chi connectivity index (χ4n) is 5.93. The zero-order valence-corrected chi connectivity index (χ0v) is 29.6. The molecule has 3 amide bonds. The van der Waals surface area contributed by atoms with Crippen molar-refractivity contribution in [2.75, 3.05) is 6.61 Å². The second-order valence-electron chi connectivity index (χ2n) is 13.1. The normalized spacial score (nSPS) is 13.2. The van der Waals surface area contributed by atoms with Gasteiger partial charge in [-0.25, -0.2) is 0 Å². The molecular weight excluding hydrogens is 626 g/mol. The highest BCUT2D eigenvalue weighted by molar-refractivity contribution is 5.98. The number of amides is 3. The third kappa shape index (κ3) is 11.7. The minimum absolute atomic E-state index is 0.158. The summed E-state index contributed by atoms with van der Waals surface area (Å²) < 4.78 is 5.92. The third-order valence-electron chi connectivity index (χ3n) is 8.41. The summed E-state index contributed by atoms with van der Waals surface area (Å²) in [5.41, 5.74) is 6.03. The highest BCUT2D eigenvalue weighted by atomic mass is 16.5. The van der Waals surface area contributed by atoms with E-state index in [4.69, 9.17) is 4.74 Å². The van der Waals surface area contributed by atoms with Gasteiger partial charge in [-0.1, -0.05) is 108 Å². The predicted molar refractivity (Wildman–Crippen MR) is 198 cm³/mol. The lowest BCUT2D eigenvalue weighted by Crippen LogP contribution is -2.54. The van der Waals surface area contributed by atoms with Crippen molar-refractivity contribution in [1.29, 1.82) is 0 Å². The molecule has 0 aliphatic rings. The van der Waals surface area contributed by atoms with E-state index in [1.54, 1.807) is 24.3 Å². The van der Waals surface area contributed by atoms with Crippen molar-refractivity contribution in [3.63, 3.8) is 0 Å². The van der Waals surface area contributed by atoms with E-state index in [1.807, 2.05) is 120 Å². The van der Waals surface area contributed by atoms with E-state index < -0.39 is 30.1 Å². The first-order valence-electron chi connectivity index (χ1n) is 17.1. The Balaban J connectivity index is 1.54. The van der Waals surface area contributed by atoms with Gasteiger partial charge in [-0.15, -0.1) is 0 Å². The lowest BCUT2D eigenvalue weighted by Gasteiger charge is -2.30. The molecule has 0 saturated carbocycles. The van der Waals surface area contributed by atoms with E-state index in [1.165, 1.54) is 0 Å². The summed E-state index contributed by atoms with van der Waals surface area (Å²) in [7, 11) is 0. The van der Waals surface area contributed by atoms with Crippen molar-refractivity contribution < 1.29 is 24.2 Å². The zero-order chi connectivity index (χ0) is 36.0. The number of ether oxygens (including phenoxy) is 1. The molecule has 50 heavy (non-hydrogen) atoms. The Kier molecular flexibility index (Phi) is 13.9. The summed E-state index contributed by atoms with van der Waals surface area (Å²) in [4.78, 5) is 40.3. The molecule has 0 bridgehead atoms. The summed E-state index contributed by atoms with van der Waals surface area (Å²) in [5, 5.41) is 20.8. The van der Waals surface area contributed by atoms with Crippen LogP contribution in [0.3, 0.4) is 0 Å². The van der Waals surface area contributed by atoms with E-state index in [0.29, 0.717) is 24.2 Å². The Hall–Kier alpha value is -5.21. The van der Waals surface area contributed by atoms with Crippen molar-refractivity contribution in [1.82, 2.24) is 16.0 Å². The van der Waals surface area contributed by atoms with Gasteiger partial charge in [0.05, 0.1) is 12.1 Å². The van der Waals surface area contributed by atoms with Gasteiger partial charge in [0.15, 0.2) is 6.61 Å². The number of carbonyl (C=O) groups is 3. The van der Waals surface area contributed by atoms with Gasteiger partial charge in [0.1, 0.15) is 11.8 Å². The van der Waals surface area contributed by atoms with E-state index in [2.05, 4.69) is 16.0 Å². The van der Waals surface area contributed by atoms with Crippen LogP contribution in [0.15, 0.2) is 115 Å². The fourth-order valence-corrected chi connectivity index (χ4v) is 5.93. The molecule has 4 atom stereocenters. The SMILES string of the molecule is CC(C)=C[C@H](NC(=O)c1cccc(C)c1)C(=O)N[C@@H](Cc1ccccc1)[C@@H](O)C[C@H](Cc1ccccc1)NC(=O)COc1c(C)cccc1C. The Morgan fingerprint density at radius 2 is 1.34 bits per heavy atom. The second kappa shape index (κ2) is 18.5. The number of hydrogen-bond donors (Lipinski definition) is 4. The molecule has 0 heterocycles. The number of allylic oxidation sites excluding steroid dienone is 1. The van der Waals surface area contributed by atoms with Gasteiger partial charge in [0.2, 0.25) is 5.91 Å². The first-order chi connectivity index (χ1) is 24.0. The highest BCUT2D eigenvalue weighted by Gasteiger charge is 2.29. The standard InChI is InChI=1S/C42H49N3O5/c1-28(2)22-37(45-41(48)34-21-12-14-29(3)23-34)42(49)44-36(25-33-19-10-7-11-20-33)38(46)26-35(24-32-17-8-6-9-18-32)43-39(47)27-50-40-30(4)15-13-16-31(40)5/h6-23,35-38,46H,24-27H2,1-5H3,(H,43,47)(H,44,49)(H,45,48)/t35-,36-,37-,38-/m0/s1. The fraction of sp³-hybridized carbons (Fsp3) is 0.310. The Morgan fingerprint density at radius 3 is 1.94 bits per heavy atom. The molecule has 262 valence electrons. The monoisotopic (exact) mass is 675 g/mol. The maximum absolute atomic E-state index is 13.9. The first-order valence-corrected chi connectivity index (χ1v) is 17.1. The molecule has 0 aromatic heterocycles. The molecule has 0 spiro atoms. The molecule has 4 N–H and O–H groups in total. The van der Waals surface area contributed by atoms with Gasteiger partial charge < -0.3 is 25.8 Å². The molecule has 8 heteroatoms. The van der Waals surface area contributed by atoms with Crippen LogP contribution in [0.25, 0.3) is 0 Å². The number of para-hydroxylation sites is 1. The topological polar surface area (TPSA) is 117 Å². The number of nitrogens with one attached hydrogen (secondary N) is 3. The Labute approximate surface area is 296 Å². The molecule has 4 aromatic rings. The summed E-state index contributed by atoms with van der Waals surface area (Å²) in [6.07, 6.45) is 1.61. The smallest absolute Gasteiger partial charge is 0.258 e. The molecule has 8 nitrogen and oxygen atoms in total. The van der Waals surface area contributed by atoms with Crippen LogP contribution in [0, 0.1) is 20.8 Å². The lowest BCUT2D eigenvalue weighted by molar-refractivity contribution is -0.125. The highest BCUT2D eigenvalue weighted by Crippen LogP contribution is 2.22. The molecule has 0 fully saturated rings. The van der Waals surface area contributed by atoms with E-state index in [0.717, 1.165) is 33.4 Å². The van der Waals surface area contributed by atoms with Crippen LogP contribution in [0.5, 0.6) is 5.75 Å². The van der Waals surface area contributed by atoms with Crippen molar-refractivity contribution in [3.8, 4) is 5.75 Å². The number of aliphatic hydroxyl groups is 1. The number of rotatable bonds is 16. The largest absolute Gasteiger partial charge is 0.483 e. The summed E-state index contributed by atoms with van der Waals surface area (Å²) in [6, 6.07) is 30.2. The molecule has 0 aliphatic heterocycles. The maximum atomic E-state index is 13.9. The number of carbonyl (C=O) groups excluding carboxylic acids is 3. The summed E-state index contributed by atoms with van der Waals surface area (Å²) in [5.74, 6) is -0.460. The molecule has 0 unspecified atom stereocenters. The van der Waals surface area contributed by atoms with Gasteiger partial charge in [-0.2, -0.15) is 0 Å². The van der Waals surface area contributed by atoms with Crippen LogP contribution in [-0.4, -0.2) is 53.7 Å². The summed E-state index contributed by atoms with van der Waals surface area (Å²) >= 11 is 0. The van der Waals surface area contributed by atoms with Crippen molar-refractivity contribution in [3.05, 3.63) is 148 Å². The van der Waals surface area contributed by atoms with Crippen molar-refractivity contribution in [2.45, 2.75) is 78.1 Å². The molecule has 4 rings (SSSR count). The van der Waals surface area contributed by atoms with Crippen LogP contribution in [0.4, 0.5) is 0 Å². The van der Waals surface area contributed by atoms with Crippen LogP contribution in [0.1, 0.15) is 58.4 Å². The summed E-state index contributed by atoms with van der Waals surface area (Å²) in [6.45, 7) is 9.31. The Morgan fingerprint density at radius 1 is 0.740 bits per heavy atom.